The number of nitrogens with two attached hydrogens (primary N) is 1. The van der Waals surface area contributed by atoms with Gasteiger partial charge >= 0.3 is 0 Å². The van der Waals surface area contributed by atoms with Gasteiger partial charge in [0.15, 0.2) is 0 Å². The minimum Gasteiger partial charge on any atom is -0.334 e. The van der Waals surface area contributed by atoms with Gasteiger partial charge in [-0.1, -0.05) is 42.5 Å². The maximum atomic E-state index is 11.8. The van der Waals surface area contributed by atoms with Gasteiger partial charge in [0.05, 0.1) is 4.90 Å². The lowest BCUT2D eigenvalue weighted by molar-refractivity contribution is -0.130. The molecule has 0 aliphatic heterocycles. The molecule has 0 radical (unpaired) electrons. The predicted molar refractivity (Wildman–Crippen MR) is 84.2 cm³/mol. The van der Waals surface area contributed by atoms with Crippen molar-refractivity contribution in [3.05, 3.63) is 65.7 Å². The summed E-state index contributed by atoms with van der Waals surface area (Å²) in [4.78, 5) is 13.5. The zero-order valence-corrected chi connectivity index (χ0v) is 13.1. The zero-order chi connectivity index (χ0) is 16.2. The lowest BCUT2D eigenvalue weighted by Gasteiger charge is -2.21. The third-order valence-electron chi connectivity index (χ3n) is 3.29. The average Bonchev–Trinajstić information content (AvgIpc) is 2.47. The van der Waals surface area contributed by atoms with Crippen molar-refractivity contribution in [2.24, 2.45) is 5.14 Å². The van der Waals surface area contributed by atoms with E-state index in [4.69, 9.17) is 5.14 Å². The molecule has 0 aliphatic carbocycles. The highest BCUT2D eigenvalue weighted by atomic mass is 32.2. The monoisotopic (exact) mass is 318 g/mol. The Hall–Kier alpha value is -2.18. The third-order valence-corrected chi connectivity index (χ3v) is 4.22. The first-order chi connectivity index (χ1) is 10.4. The Morgan fingerprint density at radius 1 is 0.955 bits per heavy atom. The van der Waals surface area contributed by atoms with Crippen LogP contribution in [0.4, 0.5) is 0 Å². The van der Waals surface area contributed by atoms with Gasteiger partial charge in [0.2, 0.25) is 15.9 Å². The van der Waals surface area contributed by atoms with Crippen LogP contribution in [0.15, 0.2) is 59.5 Å². The number of hydrogen-bond acceptors (Lipinski definition) is 3. The van der Waals surface area contributed by atoms with Crippen LogP contribution in [0.25, 0.3) is 0 Å². The molecule has 2 aromatic carbocycles. The maximum absolute atomic E-state index is 11.8. The molecule has 1 amide bonds. The van der Waals surface area contributed by atoms with Crippen LogP contribution in [0.1, 0.15) is 18.1 Å². The summed E-state index contributed by atoms with van der Waals surface area (Å²) < 4.78 is 22.5. The number of carbonyl (C=O) groups is 1. The molecule has 0 heterocycles. The van der Waals surface area contributed by atoms with Crippen LogP contribution in [0, 0.1) is 0 Å². The molecular weight excluding hydrogens is 300 g/mol. The van der Waals surface area contributed by atoms with Crippen LogP contribution in [0.3, 0.4) is 0 Å². The van der Waals surface area contributed by atoms with Crippen molar-refractivity contribution in [2.45, 2.75) is 24.9 Å². The highest BCUT2D eigenvalue weighted by Gasteiger charge is 2.12. The smallest absolute Gasteiger partial charge is 0.238 e. The van der Waals surface area contributed by atoms with Crippen molar-refractivity contribution >= 4 is 15.9 Å². The van der Waals surface area contributed by atoms with Gasteiger partial charge in [-0.3, -0.25) is 4.79 Å². The standard InChI is InChI=1S/C16H18N2O3S/c1-13(19)18(11-14-5-3-2-4-6-14)12-15-7-9-16(10-8-15)22(17,20)21/h2-10H,11-12H2,1H3,(H2,17,20,21). The normalized spacial score (nSPS) is 11.2. The van der Waals surface area contributed by atoms with Crippen molar-refractivity contribution in [1.29, 1.82) is 0 Å². The lowest BCUT2D eigenvalue weighted by atomic mass is 10.1. The molecule has 2 N–H and O–H groups in total. The highest BCUT2D eigenvalue weighted by Crippen LogP contribution is 2.13. The van der Waals surface area contributed by atoms with Crippen LogP contribution in [-0.4, -0.2) is 19.2 Å². The molecule has 0 spiro atoms. The Kier molecular flexibility index (Phi) is 4.95. The second kappa shape index (κ2) is 6.72. The summed E-state index contributed by atoms with van der Waals surface area (Å²) in [5.41, 5.74) is 1.89. The first-order valence-electron chi connectivity index (χ1n) is 6.77. The van der Waals surface area contributed by atoms with E-state index in [0.29, 0.717) is 13.1 Å². The van der Waals surface area contributed by atoms with Crippen molar-refractivity contribution in [1.82, 2.24) is 4.90 Å². The molecule has 0 aromatic heterocycles. The predicted octanol–water partition coefficient (Wildman–Crippen LogP) is 1.88. The number of amides is 1. The van der Waals surface area contributed by atoms with Gasteiger partial charge in [-0.05, 0) is 23.3 Å². The molecule has 0 saturated carbocycles. The van der Waals surface area contributed by atoms with Crippen molar-refractivity contribution in [3.63, 3.8) is 0 Å². The Labute approximate surface area is 130 Å². The van der Waals surface area contributed by atoms with E-state index in [9.17, 15) is 13.2 Å². The minimum absolute atomic E-state index is 0.0422. The van der Waals surface area contributed by atoms with Gasteiger partial charge in [0.25, 0.3) is 0 Å². The van der Waals surface area contributed by atoms with Gasteiger partial charge < -0.3 is 4.90 Å². The molecule has 116 valence electrons. The Bertz CT molecular complexity index is 741. The molecular formula is C16H18N2O3S. The number of carbonyl (C=O) groups excluding carboxylic acids is 1. The van der Waals surface area contributed by atoms with Crippen molar-refractivity contribution in [3.8, 4) is 0 Å². The first kappa shape index (κ1) is 16.2. The summed E-state index contributed by atoms with van der Waals surface area (Å²) >= 11 is 0. The highest BCUT2D eigenvalue weighted by molar-refractivity contribution is 7.89. The number of rotatable bonds is 5. The minimum atomic E-state index is -3.69. The van der Waals surface area contributed by atoms with Crippen molar-refractivity contribution in [2.75, 3.05) is 0 Å². The molecule has 0 aliphatic rings. The molecule has 0 atom stereocenters. The second-order valence-electron chi connectivity index (χ2n) is 5.05. The number of benzene rings is 2. The molecule has 0 unspecified atom stereocenters. The Balaban J connectivity index is 2.13. The van der Waals surface area contributed by atoms with Crippen molar-refractivity contribution < 1.29 is 13.2 Å². The maximum Gasteiger partial charge on any atom is 0.238 e. The Morgan fingerprint density at radius 3 is 1.91 bits per heavy atom. The van der Waals surface area contributed by atoms with E-state index in [0.717, 1.165) is 11.1 Å². The SMILES string of the molecule is CC(=O)N(Cc1ccccc1)Cc1ccc(S(N)(=O)=O)cc1. The van der Waals surface area contributed by atoms with Gasteiger partial charge in [-0.15, -0.1) is 0 Å². The van der Waals surface area contributed by atoms with Crippen LogP contribution in [0.5, 0.6) is 0 Å². The van der Waals surface area contributed by atoms with Crippen LogP contribution < -0.4 is 5.14 Å². The van der Waals surface area contributed by atoms with E-state index in [1.54, 1.807) is 17.0 Å². The zero-order valence-electron chi connectivity index (χ0n) is 12.3. The van der Waals surface area contributed by atoms with Crippen LogP contribution >= 0.6 is 0 Å². The number of hydrogen-bond donors (Lipinski definition) is 1. The molecule has 22 heavy (non-hydrogen) atoms. The number of primary sulfonamides is 1. The molecule has 2 aromatic rings. The van der Waals surface area contributed by atoms with E-state index in [-0.39, 0.29) is 10.8 Å². The van der Waals surface area contributed by atoms with Gasteiger partial charge in [-0.25, -0.2) is 13.6 Å². The quantitative estimate of drug-likeness (QED) is 0.914. The van der Waals surface area contributed by atoms with E-state index >= 15 is 0 Å². The summed E-state index contributed by atoms with van der Waals surface area (Å²) in [6, 6.07) is 15.9. The van der Waals surface area contributed by atoms with Gasteiger partial charge in [0, 0.05) is 20.0 Å². The second-order valence-corrected chi connectivity index (χ2v) is 6.61. The third kappa shape index (κ3) is 4.41. The topological polar surface area (TPSA) is 80.5 Å². The lowest BCUT2D eigenvalue weighted by Crippen LogP contribution is -2.27. The van der Waals surface area contributed by atoms with E-state index < -0.39 is 10.0 Å². The van der Waals surface area contributed by atoms with Crippen LogP contribution in [0.2, 0.25) is 0 Å². The number of sulfonamides is 1. The summed E-state index contributed by atoms with van der Waals surface area (Å²) in [5.74, 6) is -0.0422. The van der Waals surface area contributed by atoms with Gasteiger partial charge in [0.1, 0.15) is 0 Å². The van der Waals surface area contributed by atoms with E-state index in [1.807, 2.05) is 30.3 Å². The molecule has 0 saturated heterocycles. The fraction of sp³-hybridized carbons (Fsp3) is 0.188. The molecule has 0 bridgehead atoms. The van der Waals surface area contributed by atoms with Gasteiger partial charge in [-0.2, -0.15) is 0 Å². The average molecular weight is 318 g/mol. The summed E-state index contributed by atoms with van der Waals surface area (Å²) in [7, 11) is -3.69. The number of nitrogens with zero attached hydrogens (tertiary/aromatic N) is 1. The largest absolute Gasteiger partial charge is 0.334 e. The fourth-order valence-corrected chi connectivity index (χ4v) is 2.60. The molecule has 6 heteroatoms. The molecule has 5 nitrogen and oxygen atoms in total. The summed E-state index contributed by atoms with van der Waals surface area (Å²) in [6.45, 7) is 2.43. The Morgan fingerprint density at radius 2 is 1.45 bits per heavy atom. The van der Waals surface area contributed by atoms with E-state index in [2.05, 4.69) is 0 Å². The fourth-order valence-electron chi connectivity index (χ4n) is 2.09. The summed E-state index contributed by atoms with van der Waals surface area (Å²) in [6.07, 6.45) is 0. The molecule has 0 fully saturated rings. The van der Waals surface area contributed by atoms with Crippen LogP contribution in [-0.2, 0) is 27.9 Å². The first-order valence-corrected chi connectivity index (χ1v) is 8.32. The molecule has 2 rings (SSSR count). The summed E-state index contributed by atoms with van der Waals surface area (Å²) in [5, 5.41) is 5.07. The van der Waals surface area contributed by atoms with E-state index in [1.165, 1.54) is 19.1 Å².